The molecule has 4 heteroatoms. The second-order valence-electron chi connectivity index (χ2n) is 4.11. The number of halogens is 1. The maximum atomic E-state index is 12.0. The zero-order chi connectivity index (χ0) is 13.5. The van der Waals surface area contributed by atoms with Crippen molar-refractivity contribution >= 4 is 29.3 Å². The van der Waals surface area contributed by atoms with Gasteiger partial charge >= 0.3 is 0 Å². The van der Waals surface area contributed by atoms with Gasteiger partial charge in [0.1, 0.15) is 0 Å². The molecule has 0 heterocycles. The van der Waals surface area contributed by atoms with Gasteiger partial charge in [-0.2, -0.15) is 0 Å². The predicted octanol–water partition coefficient (Wildman–Crippen LogP) is 3.86. The Morgan fingerprint density at radius 2 is 2.00 bits per heavy atom. The molecular formula is C14H18ClNOS. The van der Waals surface area contributed by atoms with Gasteiger partial charge in [-0.1, -0.05) is 23.8 Å². The monoisotopic (exact) mass is 283 g/mol. The van der Waals surface area contributed by atoms with Crippen LogP contribution in [-0.4, -0.2) is 29.6 Å². The first-order valence-corrected chi connectivity index (χ1v) is 7.19. The molecule has 0 radical (unpaired) electrons. The molecule has 0 unspecified atom stereocenters. The van der Waals surface area contributed by atoms with E-state index < -0.39 is 0 Å². The lowest BCUT2D eigenvalue weighted by molar-refractivity contribution is -0.127. The van der Waals surface area contributed by atoms with Crippen molar-refractivity contribution < 1.29 is 4.79 Å². The highest BCUT2D eigenvalue weighted by Crippen LogP contribution is 2.20. The van der Waals surface area contributed by atoms with Gasteiger partial charge in [0.05, 0.1) is 5.75 Å². The summed E-state index contributed by atoms with van der Waals surface area (Å²) in [6.07, 6.45) is 0. The van der Waals surface area contributed by atoms with Crippen LogP contribution in [0.15, 0.2) is 41.3 Å². The smallest absolute Gasteiger partial charge is 0.233 e. The van der Waals surface area contributed by atoms with Crippen molar-refractivity contribution in [3.8, 4) is 0 Å². The minimum atomic E-state index is 0.139. The van der Waals surface area contributed by atoms with Crippen LogP contribution in [0.2, 0.25) is 5.02 Å². The molecule has 0 atom stereocenters. The number of nitrogens with zero attached hydrogens (tertiary/aromatic N) is 1. The van der Waals surface area contributed by atoms with Gasteiger partial charge in [-0.05, 0) is 38.1 Å². The number of carbonyl (C=O) groups is 1. The molecule has 98 valence electrons. The molecular weight excluding hydrogens is 266 g/mol. The second-order valence-corrected chi connectivity index (χ2v) is 5.59. The predicted molar refractivity (Wildman–Crippen MR) is 79.2 cm³/mol. The highest BCUT2D eigenvalue weighted by molar-refractivity contribution is 8.00. The van der Waals surface area contributed by atoms with Crippen molar-refractivity contribution in [2.45, 2.75) is 18.7 Å². The summed E-state index contributed by atoms with van der Waals surface area (Å²) in [4.78, 5) is 14.9. The molecule has 0 aliphatic heterocycles. The van der Waals surface area contributed by atoms with Crippen molar-refractivity contribution in [3.05, 3.63) is 41.4 Å². The molecule has 1 rings (SSSR count). The Bertz CT molecular complexity index is 416. The zero-order valence-corrected chi connectivity index (χ0v) is 12.4. The number of benzene rings is 1. The largest absolute Gasteiger partial charge is 0.338 e. The molecule has 1 aromatic rings. The van der Waals surface area contributed by atoms with Crippen molar-refractivity contribution in [2.24, 2.45) is 0 Å². The van der Waals surface area contributed by atoms with Gasteiger partial charge < -0.3 is 4.90 Å². The van der Waals surface area contributed by atoms with Crippen molar-refractivity contribution in [3.63, 3.8) is 0 Å². The number of carbonyl (C=O) groups excluding carboxylic acids is 1. The molecule has 1 aromatic carbocycles. The number of hydrogen-bond donors (Lipinski definition) is 0. The first kappa shape index (κ1) is 15.1. The summed E-state index contributed by atoms with van der Waals surface area (Å²) in [7, 11) is 0. The van der Waals surface area contributed by atoms with Crippen molar-refractivity contribution in [1.29, 1.82) is 0 Å². The van der Waals surface area contributed by atoms with E-state index in [2.05, 4.69) is 6.58 Å². The lowest BCUT2D eigenvalue weighted by Crippen LogP contribution is -2.33. The highest BCUT2D eigenvalue weighted by Gasteiger charge is 2.11. The maximum absolute atomic E-state index is 12.0. The molecule has 0 aliphatic carbocycles. The quantitative estimate of drug-likeness (QED) is 0.584. The van der Waals surface area contributed by atoms with Gasteiger partial charge in [0.2, 0.25) is 5.91 Å². The van der Waals surface area contributed by atoms with Gasteiger partial charge in [-0.25, -0.2) is 0 Å². The number of hydrogen-bond acceptors (Lipinski definition) is 2. The van der Waals surface area contributed by atoms with E-state index in [9.17, 15) is 4.79 Å². The lowest BCUT2D eigenvalue weighted by atomic mass is 10.3. The third-order valence-corrected chi connectivity index (χ3v) is 3.62. The average molecular weight is 284 g/mol. The third kappa shape index (κ3) is 5.15. The van der Waals surface area contributed by atoms with E-state index in [-0.39, 0.29) is 5.91 Å². The summed E-state index contributed by atoms with van der Waals surface area (Å²) in [5.74, 6) is 0.586. The van der Waals surface area contributed by atoms with E-state index in [0.29, 0.717) is 23.9 Å². The Morgan fingerprint density at radius 3 is 2.50 bits per heavy atom. The van der Waals surface area contributed by atoms with Crippen LogP contribution >= 0.6 is 23.4 Å². The molecule has 0 aromatic heterocycles. The molecule has 0 saturated heterocycles. The molecule has 0 fully saturated rings. The summed E-state index contributed by atoms with van der Waals surface area (Å²) < 4.78 is 0. The molecule has 0 N–H and O–H groups in total. The SMILES string of the molecule is C=C(C)CN(CC)C(=O)CSc1ccc(Cl)cc1. The molecule has 2 nitrogen and oxygen atoms in total. The van der Waals surface area contributed by atoms with Gasteiger partial charge in [-0.3, -0.25) is 4.79 Å². The molecule has 18 heavy (non-hydrogen) atoms. The van der Waals surface area contributed by atoms with Gasteiger partial charge in [0.25, 0.3) is 0 Å². The third-order valence-electron chi connectivity index (χ3n) is 2.37. The van der Waals surface area contributed by atoms with E-state index in [1.807, 2.05) is 43.0 Å². The molecule has 0 saturated carbocycles. The fourth-order valence-electron chi connectivity index (χ4n) is 1.47. The fraction of sp³-hybridized carbons (Fsp3) is 0.357. The van der Waals surface area contributed by atoms with Gasteiger partial charge in [0.15, 0.2) is 0 Å². The maximum Gasteiger partial charge on any atom is 0.233 e. The summed E-state index contributed by atoms with van der Waals surface area (Å²) in [5, 5.41) is 0.711. The lowest BCUT2D eigenvalue weighted by Gasteiger charge is -2.20. The first-order chi connectivity index (χ1) is 8.52. The van der Waals surface area contributed by atoms with E-state index in [1.165, 1.54) is 11.8 Å². The van der Waals surface area contributed by atoms with E-state index >= 15 is 0 Å². The van der Waals surface area contributed by atoms with Crippen LogP contribution < -0.4 is 0 Å². The molecule has 1 amide bonds. The number of likely N-dealkylation sites (N-methyl/N-ethyl adjacent to an activating group) is 1. The van der Waals surface area contributed by atoms with Gasteiger partial charge in [0, 0.05) is 23.0 Å². The summed E-state index contributed by atoms with van der Waals surface area (Å²) in [6, 6.07) is 7.52. The number of rotatable bonds is 6. The van der Waals surface area contributed by atoms with Crippen LogP contribution in [0.3, 0.4) is 0 Å². The number of amides is 1. The van der Waals surface area contributed by atoms with Crippen molar-refractivity contribution in [1.82, 2.24) is 4.90 Å². The Balaban J connectivity index is 2.49. The van der Waals surface area contributed by atoms with Crippen LogP contribution in [0.25, 0.3) is 0 Å². The normalized spacial score (nSPS) is 10.2. The minimum Gasteiger partial charge on any atom is -0.338 e. The molecule has 0 bridgehead atoms. The van der Waals surface area contributed by atoms with Crippen LogP contribution in [0, 0.1) is 0 Å². The number of thioether (sulfide) groups is 1. The van der Waals surface area contributed by atoms with E-state index in [4.69, 9.17) is 11.6 Å². The van der Waals surface area contributed by atoms with E-state index in [0.717, 1.165) is 10.5 Å². The summed E-state index contributed by atoms with van der Waals surface area (Å²) in [5.41, 5.74) is 1.00. The fourth-order valence-corrected chi connectivity index (χ4v) is 2.40. The standard InChI is InChI=1S/C14H18ClNOS/c1-4-16(9-11(2)3)14(17)10-18-13-7-5-12(15)6-8-13/h5-8H,2,4,9-10H2,1,3H3. The van der Waals surface area contributed by atoms with Crippen LogP contribution in [-0.2, 0) is 4.79 Å². The Hall–Kier alpha value is -0.930. The van der Waals surface area contributed by atoms with Crippen molar-refractivity contribution in [2.75, 3.05) is 18.8 Å². The second kappa shape index (κ2) is 7.49. The zero-order valence-electron chi connectivity index (χ0n) is 10.8. The topological polar surface area (TPSA) is 20.3 Å². The van der Waals surface area contributed by atoms with Gasteiger partial charge in [-0.15, -0.1) is 11.8 Å². The van der Waals surface area contributed by atoms with Crippen LogP contribution in [0.4, 0.5) is 0 Å². The summed E-state index contributed by atoms with van der Waals surface area (Å²) >= 11 is 7.34. The first-order valence-electron chi connectivity index (χ1n) is 5.83. The average Bonchev–Trinajstić information content (AvgIpc) is 2.34. The molecule has 0 aliphatic rings. The highest BCUT2D eigenvalue weighted by atomic mass is 35.5. The van der Waals surface area contributed by atoms with E-state index in [1.54, 1.807) is 0 Å². The molecule has 0 spiro atoms. The Kier molecular flexibility index (Phi) is 6.30. The Morgan fingerprint density at radius 1 is 1.39 bits per heavy atom. The Labute approximate surface area is 118 Å². The minimum absolute atomic E-state index is 0.139. The summed E-state index contributed by atoms with van der Waals surface area (Å²) in [6.45, 7) is 9.10. The van der Waals surface area contributed by atoms with Crippen LogP contribution in [0.5, 0.6) is 0 Å². The van der Waals surface area contributed by atoms with Crippen LogP contribution in [0.1, 0.15) is 13.8 Å².